The van der Waals surface area contributed by atoms with Gasteiger partial charge in [-0.1, -0.05) is 42.5 Å². The van der Waals surface area contributed by atoms with Crippen LogP contribution in [0.4, 0.5) is 0 Å². The summed E-state index contributed by atoms with van der Waals surface area (Å²) in [6.45, 7) is -0.0542. The first-order chi connectivity index (χ1) is 9.20. The van der Waals surface area contributed by atoms with Crippen molar-refractivity contribution in [2.24, 2.45) is 0 Å². The number of carboxylic acid groups (broad SMARTS) is 1. The molecule has 0 saturated heterocycles. The lowest BCUT2D eigenvalue weighted by atomic mass is 10.1. The fraction of sp³-hybridized carbons (Fsp3) is 0.133. The monoisotopic (exact) mass is 258 g/mol. The molecule has 1 unspecified atom stereocenters. The molecule has 0 fully saturated rings. The zero-order chi connectivity index (χ0) is 13.7. The van der Waals surface area contributed by atoms with Crippen LogP contribution >= 0.6 is 0 Å². The van der Waals surface area contributed by atoms with Crippen LogP contribution in [0.3, 0.4) is 0 Å². The zero-order valence-corrected chi connectivity index (χ0v) is 10.2. The number of hydrogen-bond donors (Lipinski definition) is 2. The van der Waals surface area contributed by atoms with Crippen molar-refractivity contribution in [1.29, 1.82) is 0 Å². The largest absolute Gasteiger partial charge is 0.478 e. The molecular formula is C15H14O4. The Morgan fingerprint density at radius 2 is 1.68 bits per heavy atom. The third kappa shape index (κ3) is 3.33. The Morgan fingerprint density at radius 1 is 1.05 bits per heavy atom. The second-order valence-electron chi connectivity index (χ2n) is 4.05. The molecule has 0 bridgehead atoms. The smallest absolute Gasteiger partial charge is 0.349 e. The van der Waals surface area contributed by atoms with E-state index < -0.39 is 12.1 Å². The summed E-state index contributed by atoms with van der Waals surface area (Å²) in [7, 11) is 0. The summed E-state index contributed by atoms with van der Waals surface area (Å²) >= 11 is 0. The number of rotatable bonds is 5. The van der Waals surface area contributed by atoms with Gasteiger partial charge >= 0.3 is 5.97 Å². The second-order valence-corrected chi connectivity index (χ2v) is 4.05. The van der Waals surface area contributed by atoms with E-state index in [1.54, 1.807) is 48.5 Å². The van der Waals surface area contributed by atoms with E-state index in [-0.39, 0.29) is 6.61 Å². The van der Waals surface area contributed by atoms with E-state index in [2.05, 4.69) is 0 Å². The van der Waals surface area contributed by atoms with Crippen molar-refractivity contribution < 1.29 is 19.7 Å². The van der Waals surface area contributed by atoms with Gasteiger partial charge in [-0.3, -0.25) is 0 Å². The van der Waals surface area contributed by atoms with Crippen molar-refractivity contribution in [3.8, 4) is 5.75 Å². The molecule has 0 aliphatic heterocycles. The zero-order valence-electron chi connectivity index (χ0n) is 10.2. The van der Waals surface area contributed by atoms with E-state index in [0.29, 0.717) is 11.3 Å². The Morgan fingerprint density at radius 3 is 2.21 bits per heavy atom. The summed E-state index contributed by atoms with van der Waals surface area (Å²) in [5.74, 6) is -0.592. The molecule has 2 rings (SSSR count). The van der Waals surface area contributed by atoms with E-state index in [0.717, 1.165) is 5.56 Å². The van der Waals surface area contributed by atoms with Crippen molar-refractivity contribution in [3.05, 3.63) is 65.7 Å². The third-order valence-corrected chi connectivity index (χ3v) is 2.69. The van der Waals surface area contributed by atoms with Gasteiger partial charge in [-0.2, -0.15) is 0 Å². The predicted octanol–water partition coefficient (Wildman–Crippen LogP) is 2.38. The summed E-state index contributed by atoms with van der Waals surface area (Å²) in [6, 6.07) is 15.4. The number of hydrogen-bond acceptors (Lipinski definition) is 3. The summed E-state index contributed by atoms with van der Waals surface area (Å²) in [5, 5.41) is 18.2. The first kappa shape index (κ1) is 13.1. The molecule has 0 heterocycles. The van der Waals surface area contributed by atoms with Crippen LogP contribution in [-0.4, -0.2) is 16.2 Å². The molecule has 0 saturated carbocycles. The highest BCUT2D eigenvalue weighted by molar-refractivity contribution is 5.74. The van der Waals surface area contributed by atoms with E-state index >= 15 is 0 Å². The molecule has 0 aliphatic rings. The van der Waals surface area contributed by atoms with Crippen LogP contribution in [0.25, 0.3) is 0 Å². The highest BCUT2D eigenvalue weighted by Gasteiger charge is 2.21. The Labute approximate surface area is 110 Å². The van der Waals surface area contributed by atoms with Crippen molar-refractivity contribution in [2.45, 2.75) is 12.7 Å². The van der Waals surface area contributed by atoms with Gasteiger partial charge in [0.05, 0.1) is 6.61 Å². The molecule has 2 N–H and O–H groups in total. The van der Waals surface area contributed by atoms with Crippen LogP contribution in [0.15, 0.2) is 54.6 Å². The van der Waals surface area contributed by atoms with Gasteiger partial charge in [0, 0.05) is 5.56 Å². The van der Waals surface area contributed by atoms with Crippen LogP contribution in [0.2, 0.25) is 0 Å². The lowest BCUT2D eigenvalue weighted by molar-refractivity contribution is -0.145. The fourth-order valence-corrected chi connectivity index (χ4v) is 1.70. The van der Waals surface area contributed by atoms with Gasteiger partial charge in [-0.05, 0) is 17.7 Å². The normalized spacial score (nSPS) is 11.8. The number of carboxylic acids is 1. The van der Waals surface area contributed by atoms with Crippen LogP contribution < -0.4 is 4.74 Å². The third-order valence-electron chi connectivity index (χ3n) is 2.69. The van der Waals surface area contributed by atoms with Crippen LogP contribution in [-0.2, 0) is 11.4 Å². The molecule has 2 aromatic carbocycles. The first-order valence-corrected chi connectivity index (χ1v) is 5.85. The quantitative estimate of drug-likeness (QED) is 0.864. The Balaban J connectivity index is 2.19. The first-order valence-electron chi connectivity index (χ1n) is 5.85. The summed E-state index contributed by atoms with van der Waals surface area (Å²) in [4.78, 5) is 11.3. The average Bonchev–Trinajstić information content (AvgIpc) is 2.46. The minimum atomic E-state index is -1.04. The molecular weight excluding hydrogens is 244 g/mol. The van der Waals surface area contributed by atoms with Crippen LogP contribution in [0.1, 0.15) is 17.2 Å². The van der Waals surface area contributed by atoms with Crippen molar-refractivity contribution in [3.63, 3.8) is 0 Å². The molecule has 98 valence electrons. The minimum absolute atomic E-state index is 0.0542. The molecule has 2 aromatic rings. The van der Waals surface area contributed by atoms with Crippen molar-refractivity contribution >= 4 is 5.97 Å². The minimum Gasteiger partial charge on any atom is -0.478 e. The standard InChI is InChI=1S/C15H14O4/c16-10-11-6-8-13(9-7-11)19-14(15(17)18)12-4-2-1-3-5-12/h1-9,14,16H,10H2,(H,17,18). The van der Waals surface area contributed by atoms with Gasteiger partial charge in [0.2, 0.25) is 6.10 Å². The molecule has 4 nitrogen and oxygen atoms in total. The van der Waals surface area contributed by atoms with Crippen LogP contribution in [0.5, 0.6) is 5.75 Å². The molecule has 0 radical (unpaired) electrons. The summed E-state index contributed by atoms with van der Waals surface area (Å²) < 4.78 is 5.48. The molecule has 0 aliphatic carbocycles. The highest BCUT2D eigenvalue weighted by Crippen LogP contribution is 2.22. The van der Waals surface area contributed by atoms with E-state index in [1.807, 2.05) is 6.07 Å². The predicted molar refractivity (Wildman–Crippen MR) is 69.8 cm³/mol. The topological polar surface area (TPSA) is 66.8 Å². The van der Waals surface area contributed by atoms with E-state index in [4.69, 9.17) is 9.84 Å². The van der Waals surface area contributed by atoms with E-state index in [1.165, 1.54) is 0 Å². The fourth-order valence-electron chi connectivity index (χ4n) is 1.70. The Bertz CT molecular complexity index is 534. The average molecular weight is 258 g/mol. The number of aliphatic hydroxyl groups is 1. The molecule has 1 atom stereocenters. The molecule has 0 aromatic heterocycles. The van der Waals surface area contributed by atoms with Gasteiger partial charge in [0.25, 0.3) is 0 Å². The lowest BCUT2D eigenvalue weighted by Crippen LogP contribution is -2.18. The maximum Gasteiger partial charge on any atom is 0.349 e. The number of aliphatic hydroxyl groups excluding tert-OH is 1. The molecule has 0 spiro atoms. The van der Waals surface area contributed by atoms with Gasteiger partial charge in [0.15, 0.2) is 0 Å². The van der Waals surface area contributed by atoms with Gasteiger partial charge in [-0.25, -0.2) is 4.79 Å². The lowest BCUT2D eigenvalue weighted by Gasteiger charge is -2.15. The highest BCUT2D eigenvalue weighted by atomic mass is 16.5. The number of aliphatic carboxylic acids is 1. The molecule has 19 heavy (non-hydrogen) atoms. The maximum atomic E-state index is 11.3. The number of benzene rings is 2. The van der Waals surface area contributed by atoms with Gasteiger partial charge in [-0.15, -0.1) is 0 Å². The van der Waals surface area contributed by atoms with Gasteiger partial charge in [0.1, 0.15) is 5.75 Å². The van der Waals surface area contributed by atoms with Crippen molar-refractivity contribution in [1.82, 2.24) is 0 Å². The summed E-state index contributed by atoms with van der Waals surface area (Å²) in [6.07, 6.45) is -1.04. The van der Waals surface area contributed by atoms with Crippen molar-refractivity contribution in [2.75, 3.05) is 0 Å². The SMILES string of the molecule is O=C(O)C(Oc1ccc(CO)cc1)c1ccccc1. The Hall–Kier alpha value is -2.33. The number of carbonyl (C=O) groups is 1. The molecule has 0 amide bonds. The Kier molecular flexibility index (Phi) is 4.15. The number of ether oxygens (including phenoxy) is 1. The van der Waals surface area contributed by atoms with Gasteiger partial charge < -0.3 is 14.9 Å². The van der Waals surface area contributed by atoms with Crippen LogP contribution in [0, 0.1) is 0 Å². The second kappa shape index (κ2) is 6.02. The maximum absolute atomic E-state index is 11.3. The van der Waals surface area contributed by atoms with E-state index in [9.17, 15) is 9.90 Å². The summed E-state index contributed by atoms with van der Waals surface area (Å²) in [5.41, 5.74) is 1.33. The molecule has 4 heteroatoms.